The van der Waals surface area contributed by atoms with Crippen LogP contribution in [0.25, 0.3) is 0 Å². The molecule has 1 saturated heterocycles. The summed E-state index contributed by atoms with van der Waals surface area (Å²) in [4.78, 5) is 10.7. The lowest BCUT2D eigenvalue weighted by Gasteiger charge is -2.19. The highest BCUT2D eigenvalue weighted by Gasteiger charge is 2.37. The van der Waals surface area contributed by atoms with E-state index >= 15 is 0 Å². The summed E-state index contributed by atoms with van der Waals surface area (Å²) in [5.41, 5.74) is 0. The summed E-state index contributed by atoms with van der Waals surface area (Å²) in [6, 6.07) is -0.889. The van der Waals surface area contributed by atoms with Gasteiger partial charge in [-0.1, -0.05) is 6.08 Å². The van der Waals surface area contributed by atoms with E-state index in [2.05, 4.69) is 6.58 Å². The SMILES string of the molecule is C=CCS(=O)(=O)N1CCCC1C(=O)O. The first-order chi connectivity index (χ1) is 6.49. The fourth-order valence-corrected chi connectivity index (χ4v) is 3.04. The lowest BCUT2D eigenvalue weighted by molar-refractivity contribution is -0.140. The number of carbonyl (C=O) groups is 1. The number of carboxylic acid groups (broad SMARTS) is 1. The summed E-state index contributed by atoms with van der Waals surface area (Å²) in [7, 11) is -3.47. The summed E-state index contributed by atoms with van der Waals surface area (Å²) in [5.74, 6) is -1.27. The Bertz CT molecular complexity index is 335. The second-order valence-corrected chi connectivity index (χ2v) is 5.14. The van der Waals surface area contributed by atoms with Crippen LogP contribution in [0.3, 0.4) is 0 Å². The van der Waals surface area contributed by atoms with E-state index in [9.17, 15) is 13.2 Å². The third kappa shape index (κ3) is 2.13. The molecule has 0 aromatic heterocycles. The number of rotatable bonds is 4. The van der Waals surface area contributed by atoms with Crippen LogP contribution >= 0.6 is 0 Å². The highest BCUT2D eigenvalue weighted by Crippen LogP contribution is 2.21. The zero-order valence-electron chi connectivity index (χ0n) is 7.72. The Hall–Kier alpha value is -0.880. The summed E-state index contributed by atoms with van der Waals surface area (Å²) in [5, 5.41) is 8.78. The van der Waals surface area contributed by atoms with Crippen LogP contribution in [0.15, 0.2) is 12.7 Å². The first-order valence-corrected chi connectivity index (χ1v) is 5.93. The molecule has 1 N–H and O–H groups in total. The summed E-state index contributed by atoms with van der Waals surface area (Å²) < 4.78 is 24.1. The van der Waals surface area contributed by atoms with Crippen molar-refractivity contribution >= 4 is 16.0 Å². The topological polar surface area (TPSA) is 74.7 Å². The van der Waals surface area contributed by atoms with Crippen molar-refractivity contribution in [1.82, 2.24) is 4.31 Å². The van der Waals surface area contributed by atoms with Crippen LogP contribution < -0.4 is 0 Å². The highest BCUT2D eigenvalue weighted by atomic mass is 32.2. The molecule has 0 spiro atoms. The average molecular weight is 219 g/mol. The van der Waals surface area contributed by atoms with Gasteiger partial charge in [-0.3, -0.25) is 4.79 Å². The number of nitrogens with zero attached hydrogens (tertiary/aromatic N) is 1. The smallest absolute Gasteiger partial charge is 0.322 e. The molecule has 1 heterocycles. The van der Waals surface area contributed by atoms with Crippen LogP contribution in [0.1, 0.15) is 12.8 Å². The van der Waals surface area contributed by atoms with Gasteiger partial charge < -0.3 is 5.11 Å². The molecule has 80 valence electrons. The molecule has 0 bridgehead atoms. The van der Waals surface area contributed by atoms with Gasteiger partial charge in [0, 0.05) is 6.54 Å². The van der Waals surface area contributed by atoms with Crippen LogP contribution in [-0.4, -0.2) is 42.1 Å². The molecule has 1 unspecified atom stereocenters. The van der Waals surface area contributed by atoms with E-state index < -0.39 is 22.0 Å². The molecule has 0 saturated carbocycles. The minimum atomic E-state index is -3.47. The van der Waals surface area contributed by atoms with E-state index in [0.717, 1.165) is 4.31 Å². The molecule has 1 fully saturated rings. The van der Waals surface area contributed by atoms with Gasteiger partial charge in [-0.25, -0.2) is 8.42 Å². The van der Waals surface area contributed by atoms with Gasteiger partial charge in [-0.2, -0.15) is 4.31 Å². The molecule has 0 aromatic carbocycles. The van der Waals surface area contributed by atoms with Crippen LogP contribution in [0, 0.1) is 0 Å². The van der Waals surface area contributed by atoms with Gasteiger partial charge in [0.1, 0.15) is 6.04 Å². The third-order valence-corrected chi connectivity index (χ3v) is 3.98. The van der Waals surface area contributed by atoms with Gasteiger partial charge in [0.15, 0.2) is 0 Å². The molecule has 1 atom stereocenters. The maximum Gasteiger partial charge on any atom is 0.322 e. The number of hydrogen-bond acceptors (Lipinski definition) is 3. The van der Waals surface area contributed by atoms with Crippen molar-refractivity contribution in [2.24, 2.45) is 0 Å². The van der Waals surface area contributed by atoms with E-state index in [1.807, 2.05) is 0 Å². The fraction of sp³-hybridized carbons (Fsp3) is 0.625. The molecule has 0 amide bonds. The number of sulfonamides is 1. The molecule has 6 heteroatoms. The Morgan fingerprint density at radius 1 is 1.64 bits per heavy atom. The average Bonchev–Trinajstić information content (AvgIpc) is 2.51. The highest BCUT2D eigenvalue weighted by molar-refractivity contribution is 7.89. The molecular formula is C8H13NO4S. The van der Waals surface area contributed by atoms with Crippen molar-refractivity contribution in [3.8, 4) is 0 Å². The molecule has 5 nitrogen and oxygen atoms in total. The maximum absolute atomic E-state index is 11.5. The van der Waals surface area contributed by atoms with Gasteiger partial charge in [0.05, 0.1) is 5.75 Å². The van der Waals surface area contributed by atoms with Crippen molar-refractivity contribution in [3.63, 3.8) is 0 Å². The fourth-order valence-electron chi connectivity index (χ4n) is 1.56. The predicted molar refractivity (Wildman–Crippen MR) is 51.3 cm³/mol. The zero-order valence-corrected chi connectivity index (χ0v) is 8.53. The Balaban J connectivity index is 2.86. The minimum Gasteiger partial charge on any atom is -0.480 e. The van der Waals surface area contributed by atoms with Crippen LogP contribution in [0.5, 0.6) is 0 Å². The van der Waals surface area contributed by atoms with Crippen molar-refractivity contribution < 1.29 is 18.3 Å². The first kappa shape index (κ1) is 11.2. The van der Waals surface area contributed by atoms with E-state index in [1.54, 1.807) is 0 Å². The van der Waals surface area contributed by atoms with Crippen LogP contribution in [0.4, 0.5) is 0 Å². The lowest BCUT2D eigenvalue weighted by atomic mass is 10.2. The summed E-state index contributed by atoms with van der Waals surface area (Å²) in [6.45, 7) is 3.63. The second kappa shape index (κ2) is 4.10. The lowest BCUT2D eigenvalue weighted by Crippen LogP contribution is -2.41. The van der Waals surface area contributed by atoms with E-state index in [0.29, 0.717) is 19.4 Å². The zero-order chi connectivity index (χ0) is 10.8. The van der Waals surface area contributed by atoms with Crippen molar-refractivity contribution in [3.05, 3.63) is 12.7 Å². The van der Waals surface area contributed by atoms with E-state index in [-0.39, 0.29) is 5.75 Å². The van der Waals surface area contributed by atoms with Gasteiger partial charge in [0.25, 0.3) is 0 Å². The summed E-state index contributed by atoms with van der Waals surface area (Å²) >= 11 is 0. The minimum absolute atomic E-state index is 0.198. The van der Waals surface area contributed by atoms with Crippen molar-refractivity contribution in [2.75, 3.05) is 12.3 Å². The van der Waals surface area contributed by atoms with Gasteiger partial charge in [-0.15, -0.1) is 6.58 Å². The molecule has 0 radical (unpaired) electrons. The molecule has 1 rings (SSSR count). The normalized spacial score (nSPS) is 23.6. The van der Waals surface area contributed by atoms with Crippen molar-refractivity contribution in [2.45, 2.75) is 18.9 Å². The number of aliphatic carboxylic acids is 1. The second-order valence-electron chi connectivity index (χ2n) is 3.17. The number of carboxylic acids is 1. The van der Waals surface area contributed by atoms with Crippen molar-refractivity contribution in [1.29, 1.82) is 0 Å². The largest absolute Gasteiger partial charge is 0.480 e. The Morgan fingerprint density at radius 2 is 2.29 bits per heavy atom. The summed E-state index contributed by atoms with van der Waals surface area (Å²) in [6.07, 6.45) is 2.27. The Morgan fingerprint density at radius 3 is 2.79 bits per heavy atom. The Kier molecular flexibility index (Phi) is 3.28. The van der Waals surface area contributed by atoms with Crippen LogP contribution in [-0.2, 0) is 14.8 Å². The monoisotopic (exact) mass is 219 g/mol. The molecule has 0 aliphatic carbocycles. The predicted octanol–water partition coefficient (Wildman–Crippen LogP) is 0.0512. The van der Waals surface area contributed by atoms with E-state index in [4.69, 9.17) is 5.11 Å². The molecule has 1 aliphatic rings. The number of hydrogen-bond donors (Lipinski definition) is 1. The molecule has 0 aromatic rings. The molecular weight excluding hydrogens is 206 g/mol. The maximum atomic E-state index is 11.5. The third-order valence-electron chi connectivity index (χ3n) is 2.17. The van der Waals surface area contributed by atoms with Crippen LogP contribution in [0.2, 0.25) is 0 Å². The van der Waals surface area contributed by atoms with Gasteiger partial charge in [-0.05, 0) is 12.8 Å². The molecule has 14 heavy (non-hydrogen) atoms. The first-order valence-electron chi connectivity index (χ1n) is 4.32. The van der Waals surface area contributed by atoms with Gasteiger partial charge in [0.2, 0.25) is 10.0 Å². The Labute approximate surface area is 83.1 Å². The quantitative estimate of drug-likeness (QED) is 0.678. The van der Waals surface area contributed by atoms with Gasteiger partial charge >= 0.3 is 5.97 Å². The van der Waals surface area contributed by atoms with E-state index in [1.165, 1.54) is 6.08 Å². The standard InChI is InChI=1S/C8H13NO4S/c1-2-6-14(12,13)9-5-3-4-7(9)8(10)11/h2,7H,1,3-6H2,(H,10,11). The molecule has 1 aliphatic heterocycles.